The Hall–Kier alpha value is -4.12. The van der Waals surface area contributed by atoms with Gasteiger partial charge in [-0.15, -0.1) is 0 Å². The second-order valence-electron chi connectivity index (χ2n) is 8.47. The molecular formula is C30H22BNO2. The van der Waals surface area contributed by atoms with Crippen molar-refractivity contribution in [2.75, 3.05) is 0 Å². The Labute approximate surface area is 198 Å². The monoisotopic (exact) mass is 439 g/mol. The van der Waals surface area contributed by atoms with E-state index in [0.717, 1.165) is 44.2 Å². The summed E-state index contributed by atoms with van der Waals surface area (Å²) in [5.74, 6) is 0. The van der Waals surface area contributed by atoms with Crippen molar-refractivity contribution in [2.45, 2.75) is 0 Å². The molecule has 2 N–H and O–H groups in total. The van der Waals surface area contributed by atoms with Gasteiger partial charge >= 0.3 is 7.12 Å². The van der Waals surface area contributed by atoms with Gasteiger partial charge in [0.05, 0.1) is 16.7 Å². The van der Waals surface area contributed by atoms with Crippen molar-refractivity contribution >= 4 is 34.4 Å². The van der Waals surface area contributed by atoms with Gasteiger partial charge in [-0.2, -0.15) is 0 Å². The van der Waals surface area contributed by atoms with Gasteiger partial charge in [-0.3, -0.25) is 0 Å². The molecule has 0 amide bonds. The van der Waals surface area contributed by atoms with E-state index in [0.29, 0.717) is 5.46 Å². The molecule has 3 nitrogen and oxygen atoms in total. The smallest absolute Gasteiger partial charge is 0.423 e. The molecule has 0 atom stereocenters. The van der Waals surface area contributed by atoms with E-state index in [1.807, 2.05) is 36.4 Å². The van der Waals surface area contributed by atoms with Crippen molar-refractivity contribution in [3.8, 4) is 27.9 Å². The molecule has 0 radical (unpaired) electrons. The fraction of sp³-hybridized carbons (Fsp3) is 0. The summed E-state index contributed by atoms with van der Waals surface area (Å²) in [7, 11) is -1.50. The highest BCUT2D eigenvalue weighted by Gasteiger charge is 2.19. The van der Waals surface area contributed by atoms with E-state index in [1.165, 1.54) is 5.56 Å². The quantitative estimate of drug-likeness (QED) is 0.341. The van der Waals surface area contributed by atoms with Crippen molar-refractivity contribution in [1.29, 1.82) is 0 Å². The third-order valence-corrected chi connectivity index (χ3v) is 6.42. The Balaban J connectivity index is 1.68. The molecule has 1 aromatic heterocycles. The standard InChI is InChI=1S/C30H22BNO2/c33-31(34)24-16-18-30-27(20-24)25-13-7-8-14-28(25)32(30)29-17-15-23(21-9-3-1-4-10-21)19-26(29)22-11-5-2-6-12-22/h1-20,33-34H. The second kappa shape index (κ2) is 8.34. The minimum atomic E-state index is -1.50. The third-order valence-electron chi connectivity index (χ3n) is 6.42. The van der Waals surface area contributed by atoms with Gasteiger partial charge in [0.2, 0.25) is 0 Å². The van der Waals surface area contributed by atoms with Crippen LogP contribution in [0.25, 0.3) is 49.7 Å². The average Bonchev–Trinajstić information content (AvgIpc) is 3.23. The van der Waals surface area contributed by atoms with Gasteiger partial charge < -0.3 is 14.6 Å². The Kier molecular flexibility index (Phi) is 5.03. The molecule has 0 spiro atoms. The van der Waals surface area contributed by atoms with Gasteiger partial charge in [0, 0.05) is 16.3 Å². The number of benzene rings is 5. The highest BCUT2D eigenvalue weighted by molar-refractivity contribution is 6.59. The zero-order chi connectivity index (χ0) is 23.1. The van der Waals surface area contributed by atoms with Gasteiger partial charge in [-0.25, -0.2) is 0 Å². The van der Waals surface area contributed by atoms with Gasteiger partial charge in [0.25, 0.3) is 0 Å². The van der Waals surface area contributed by atoms with Gasteiger partial charge in [-0.1, -0.05) is 97.1 Å². The molecule has 5 aromatic carbocycles. The lowest BCUT2D eigenvalue weighted by molar-refractivity contribution is 0.426. The summed E-state index contributed by atoms with van der Waals surface area (Å²) in [4.78, 5) is 0. The molecule has 0 saturated heterocycles. The van der Waals surface area contributed by atoms with E-state index in [2.05, 4.69) is 83.4 Å². The molecule has 162 valence electrons. The summed E-state index contributed by atoms with van der Waals surface area (Å²) >= 11 is 0. The molecule has 34 heavy (non-hydrogen) atoms. The fourth-order valence-electron chi connectivity index (χ4n) is 4.80. The average molecular weight is 439 g/mol. The molecule has 1 heterocycles. The molecule has 0 bridgehead atoms. The van der Waals surface area contributed by atoms with Crippen molar-refractivity contribution in [2.24, 2.45) is 0 Å². The molecule has 0 unspecified atom stereocenters. The molecule has 0 saturated carbocycles. The number of aromatic nitrogens is 1. The maximum absolute atomic E-state index is 9.76. The topological polar surface area (TPSA) is 45.4 Å². The van der Waals surface area contributed by atoms with E-state index in [4.69, 9.17) is 0 Å². The van der Waals surface area contributed by atoms with Crippen molar-refractivity contribution in [3.05, 3.63) is 121 Å². The minimum Gasteiger partial charge on any atom is -0.423 e. The zero-order valence-corrected chi connectivity index (χ0v) is 18.5. The van der Waals surface area contributed by atoms with Crippen molar-refractivity contribution in [3.63, 3.8) is 0 Å². The lowest BCUT2D eigenvalue weighted by atomic mass is 9.80. The summed E-state index contributed by atoms with van der Waals surface area (Å²) in [6.07, 6.45) is 0. The van der Waals surface area contributed by atoms with Crippen LogP contribution < -0.4 is 5.46 Å². The molecule has 0 aliphatic rings. The lowest BCUT2D eigenvalue weighted by Gasteiger charge is -2.16. The van der Waals surface area contributed by atoms with Crippen LogP contribution in [0.4, 0.5) is 0 Å². The van der Waals surface area contributed by atoms with Crippen LogP contribution in [0.5, 0.6) is 0 Å². The predicted molar refractivity (Wildman–Crippen MR) is 141 cm³/mol. The number of para-hydroxylation sites is 1. The van der Waals surface area contributed by atoms with Crippen LogP contribution in [0, 0.1) is 0 Å². The Bertz CT molecular complexity index is 1620. The molecule has 4 heteroatoms. The SMILES string of the molecule is OB(O)c1ccc2c(c1)c1ccccc1n2-c1ccc(-c2ccccc2)cc1-c1ccccc1. The van der Waals surface area contributed by atoms with Crippen molar-refractivity contribution in [1.82, 2.24) is 4.57 Å². The van der Waals surface area contributed by atoms with E-state index < -0.39 is 7.12 Å². The number of hydrogen-bond donors (Lipinski definition) is 2. The fourth-order valence-corrected chi connectivity index (χ4v) is 4.80. The summed E-state index contributed by atoms with van der Waals surface area (Å²) in [5, 5.41) is 21.6. The van der Waals surface area contributed by atoms with Gasteiger partial charge in [0.1, 0.15) is 0 Å². The lowest BCUT2D eigenvalue weighted by Crippen LogP contribution is -2.29. The summed E-state index contributed by atoms with van der Waals surface area (Å²) < 4.78 is 2.27. The van der Waals surface area contributed by atoms with Gasteiger partial charge in [0.15, 0.2) is 0 Å². The summed E-state index contributed by atoms with van der Waals surface area (Å²) in [6.45, 7) is 0. The number of hydrogen-bond acceptors (Lipinski definition) is 2. The minimum absolute atomic E-state index is 0.484. The largest absolute Gasteiger partial charge is 0.488 e. The first kappa shape index (κ1) is 20.5. The molecule has 0 aliphatic heterocycles. The Morgan fingerprint density at radius 2 is 1.15 bits per heavy atom. The van der Waals surface area contributed by atoms with Crippen LogP contribution >= 0.6 is 0 Å². The van der Waals surface area contributed by atoms with Gasteiger partial charge in [-0.05, 0) is 46.4 Å². The Morgan fingerprint density at radius 1 is 0.500 bits per heavy atom. The molecule has 6 rings (SSSR count). The third kappa shape index (κ3) is 3.41. The van der Waals surface area contributed by atoms with Crippen LogP contribution in [0.15, 0.2) is 121 Å². The highest BCUT2D eigenvalue weighted by Crippen LogP contribution is 2.37. The molecular weight excluding hydrogens is 417 g/mol. The van der Waals surface area contributed by atoms with Crippen molar-refractivity contribution < 1.29 is 10.0 Å². The first-order valence-electron chi connectivity index (χ1n) is 11.4. The number of fused-ring (bicyclic) bond motifs is 3. The number of rotatable bonds is 4. The Morgan fingerprint density at radius 3 is 1.88 bits per heavy atom. The molecule has 6 aromatic rings. The highest BCUT2D eigenvalue weighted by atomic mass is 16.4. The maximum atomic E-state index is 9.76. The van der Waals surface area contributed by atoms with Crippen LogP contribution in [-0.2, 0) is 0 Å². The first-order chi connectivity index (χ1) is 16.7. The summed E-state index contributed by atoms with van der Waals surface area (Å²) in [5.41, 5.74) is 8.28. The zero-order valence-electron chi connectivity index (χ0n) is 18.5. The van der Waals surface area contributed by atoms with Crippen LogP contribution in [0.2, 0.25) is 0 Å². The van der Waals surface area contributed by atoms with E-state index >= 15 is 0 Å². The predicted octanol–water partition coefficient (Wildman–Crippen LogP) is 5.80. The normalized spacial score (nSPS) is 11.2. The molecule has 0 aliphatic carbocycles. The van der Waals surface area contributed by atoms with E-state index in [9.17, 15) is 10.0 Å². The van der Waals surface area contributed by atoms with Crippen LogP contribution in [0.3, 0.4) is 0 Å². The van der Waals surface area contributed by atoms with E-state index in [1.54, 1.807) is 6.07 Å². The van der Waals surface area contributed by atoms with Crippen LogP contribution in [0.1, 0.15) is 0 Å². The first-order valence-corrected chi connectivity index (χ1v) is 11.4. The second-order valence-corrected chi connectivity index (χ2v) is 8.47. The maximum Gasteiger partial charge on any atom is 0.488 e. The number of nitrogens with zero attached hydrogens (tertiary/aromatic N) is 1. The summed E-state index contributed by atoms with van der Waals surface area (Å²) in [6, 6.07) is 41.4. The van der Waals surface area contributed by atoms with E-state index in [-0.39, 0.29) is 0 Å². The van der Waals surface area contributed by atoms with Crippen LogP contribution in [-0.4, -0.2) is 21.7 Å². The molecule has 0 fully saturated rings.